The maximum Gasteiger partial charge on any atom is 0.0327 e. The second-order valence-electron chi connectivity index (χ2n) is 4.86. The second-order valence-corrected chi connectivity index (χ2v) is 5.89. The fourth-order valence-electron chi connectivity index (χ4n) is 2.54. The van der Waals surface area contributed by atoms with E-state index < -0.39 is 0 Å². The molecule has 1 aromatic heterocycles. The highest BCUT2D eigenvalue weighted by Gasteiger charge is 2.21. The van der Waals surface area contributed by atoms with Crippen molar-refractivity contribution in [3.05, 3.63) is 22.4 Å². The molecule has 17 heavy (non-hydrogen) atoms. The van der Waals surface area contributed by atoms with Gasteiger partial charge >= 0.3 is 0 Å². The second kappa shape index (κ2) is 6.50. The summed E-state index contributed by atoms with van der Waals surface area (Å²) in [5, 5.41) is 2.16. The summed E-state index contributed by atoms with van der Waals surface area (Å²) in [6.07, 6.45) is 2.56. The van der Waals surface area contributed by atoms with E-state index >= 15 is 0 Å². The van der Waals surface area contributed by atoms with E-state index in [4.69, 9.17) is 5.73 Å². The SMILES string of the molecule is CN(Cc1cccs1)C1CCN(CCN)CC1. The largest absolute Gasteiger partial charge is 0.329 e. The summed E-state index contributed by atoms with van der Waals surface area (Å²) in [6, 6.07) is 5.11. The number of piperidine rings is 1. The van der Waals surface area contributed by atoms with Crippen molar-refractivity contribution in [2.75, 3.05) is 33.2 Å². The molecule has 96 valence electrons. The zero-order valence-electron chi connectivity index (χ0n) is 10.6. The Bertz CT molecular complexity index is 304. The Morgan fingerprint density at radius 1 is 1.47 bits per heavy atom. The molecule has 0 amide bonds. The average Bonchev–Trinajstić information content (AvgIpc) is 2.83. The Morgan fingerprint density at radius 2 is 2.24 bits per heavy atom. The Morgan fingerprint density at radius 3 is 2.82 bits per heavy atom. The van der Waals surface area contributed by atoms with Crippen LogP contribution in [0, 0.1) is 0 Å². The van der Waals surface area contributed by atoms with Crippen LogP contribution >= 0.6 is 11.3 Å². The summed E-state index contributed by atoms with van der Waals surface area (Å²) in [6.45, 7) is 5.35. The van der Waals surface area contributed by atoms with Crippen LogP contribution in [-0.2, 0) is 6.54 Å². The van der Waals surface area contributed by atoms with Crippen LogP contribution in [0.5, 0.6) is 0 Å². The summed E-state index contributed by atoms with van der Waals surface area (Å²) in [5.74, 6) is 0. The first kappa shape index (κ1) is 13.0. The lowest BCUT2D eigenvalue weighted by atomic mass is 10.0. The van der Waals surface area contributed by atoms with Crippen LogP contribution in [0.3, 0.4) is 0 Å². The van der Waals surface area contributed by atoms with Gasteiger partial charge in [0.25, 0.3) is 0 Å². The number of rotatable bonds is 5. The smallest absolute Gasteiger partial charge is 0.0327 e. The topological polar surface area (TPSA) is 32.5 Å². The molecule has 2 heterocycles. The van der Waals surface area contributed by atoms with Crippen LogP contribution in [0.25, 0.3) is 0 Å². The Hall–Kier alpha value is -0.420. The molecule has 2 rings (SSSR count). The van der Waals surface area contributed by atoms with Crippen LogP contribution in [0.4, 0.5) is 0 Å². The van der Waals surface area contributed by atoms with E-state index in [1.54, 1.807) is 0 Å². The van der Waals surface area contributed by atoms with Crippen LogP contribution in [0.2, 0.25) is 0 Å². The summed E-state index contributed by atoms with van der Waals surface area (Å²) < 4.78 is 0. The number of hydrogen-bond donors (Lipinski definition) is 1. The number of likely N-dealkylation sites (tertiary alicyclic amines) is 1. The predicted octanol–water partition coefficient (Wildman–Crippen LogP) is 1.60. The number of thiophene rings is 1. The summed E-state index contributed by atoms with van der Waals surface area (Å²) in [5.41, 5.74) is 5.59. The molecule has 2 N–H and O–H groups in total. The van der Waals surface area contributed by atoms with Gasteiger partial charge in [-0.1, -0.05) is 6.07 Å². The monoisotopic (exact) mass is 253 g/mol. The van der Waals surface area contributed by atoms with Gasteiger partial charge in [0.2, 0.25) is 0 Å². The molecule has 0 atom stereocenters. The molecule has 0 spiro atoms. The normalized spacial score (nSPS) is 19.0. The van der Waals surface area contributed by atoms with E-state index in [9.17, 15) is 0 Å². The zero-order valence-corrected chi connectivity index (χ0v) is 11.5. The van der Waals surface area contributed by atoms with Gasteiger partial charge in [0.1, 0.15) is 0 Å². The van der Waals surface area contributed by atoms with Gasteiger partial charge in [-0.2, -0.15) is 0 Å². The van der Waals surface area contributed by atoms with Gasteiger partial charge in [-0.25, -0.2) is 0 Å². The van der Waals surface area contributed by atoms with Crippen molar-refractivity contribution in [1.82, 2.24) is 9.80 Å². The Labute approximate surface area is 108 Å². The average molecular weight is 253 g/mol. The van der Waals surface area contributed by atoms with Crippen LogP contribution in [0.1, 0.15) is 17.7 Å². The van der Waals surface area contributed by atoms with Gasteiger partial charge < -0.3 is 10.6 Å². The molecule has 1 fully saturated rings. The summed E-state index contributed by atoms with van der Waals surface area (Å²) >= 11 is 1.86. The predicted molar refractivity (Wildman–Crippen MR) is 74.3 cm³/mol. The molecule has 0 unspecified atom stereocenters. The first-order chi connectivity index (χ1) is 8.29. The van der Waals surface area contributed by atoms with Crippen LogP contribution in [0.15, 0.2) is 17.5 Å². The first-order valence-corrected chi connectivity index (χ1v) is 7.32. The van der Waals surface area contributed by atoms with Crippen molar-refractivity contribution >= 4 is 11.3 Å². The van der Waals surface area contributed by atoms with Crippen molar-refractivity contribution in [2.24, 2.45) is 5.73 Å². The molecule has 3 nitrogen and oxygen atoms in total. The van der Waals surface area contributed by atoms with Gasteiger partial charge in [-0.05, 0) is 44.4 Å². The molecule has 1 aliphatic heterocycles. The highest BCUT2D eigenvalue weighted by atomic mass is 32.1. The molecule has 0 radical (unpaired) electrons. The van der Waals surface area contributed by atoms with Gasteiger partial charge in [-0.3, -0.25) is 4.90 Å². The Balaban J connectivity index is 1.76. The molecule has 1 saturated heterocycles. The lowest BCUT2D eigenvalue weighted by Crippen LogP contribution is -2.44. The van der Waals surface area contributed by atoms with Gasteiger partial charge in [0.15, 0.2) is 0 Å². The summed E-state index contributed by atoms with van der Waals surface area (Å²) in [4.78, 5) is 6.46. The maximum atomic E-state index is 5.59. The van der Waals surface area contributed by atoms with E-state index in [0.29, 0.717) is 0 Å². The van der Waals surface area contributed by atoms with Gasteiger partial charge in [0, 0.05) is 30.6 Å². The van der Waals surface area contributed by atoms with Crippen LogP contribution in [-0.4, -0.2) is 49.1 Å². The minimum absolute atomic E-state index is 0.742. The zero-order chi connectivity index (χ0) is 12.1. The number of nitrogens with zero attached hydrogens (tertiary/aromatic N) is 2. The van der Waals surface area contributed by atoms with Crippen molar-refractivity contribution in [3.8, 4) is 0 Å². The molecular formula is C13H23N3S. The quantitative estimate of drug-likeness (QED) is 0.865. The van der Waals surface area contributed by atoms with Crippen LogP contribution < -0.4 is 5.73 Å². The molecule has 0 saturated carbocycles. The maximum absolute atomic E-state index is 5.59. The van der Waals surface area contributed by atoms with Crippen molar-refractivity contribution in [1.29, 1.82) is 0 Å². The highest BCUT2D eigenvalue weighted by molar-refractivity contribution is 7.09. The first-order valence-electron chi connectivity index (χ1n) is 6.44. The molecule has 1 aliphatic rings. The lowest BCUT2D eigenvalue weighted by Gasteiger charge is -2.36. The van der Waals surface area contributed by atoms with Crippen molar-refractivity contribution in [2.45, 2.75) is 25.4 Å². The lowest BCUT2D eigenvalue weighted by molar-refractivity contribution is 0.126. The van der Waals surface area contributed by atoms with Gasteiger partial charge in [-0.15, -0.1) is 11.3 Å². The number of nitrogens with two attached hydrogens (primary N) is 1. The van der Waals surface area contributed by atoms with Crippen molar-refractivity contribution in [3.63, 3.8) is 0 Å². The number of hydrogen-bond acceptors (Lipinski definition) is 4. The molecule has 0 bridgehead atoms. The highest BCUT2D eigenvalue weighted by Crippen LogP contribution is 2.19. The minimum Gasteiger partial charge on any atom is -0.329 e. The van der Waals surface area contributed by atoms with E-state index in [0.717, 1.165) is 25.7 Å². The van der Waals surface area contributed by atoms with Crippen molar-refractivity contribution < 1.29 is 0 Å². The molecular weight excluding hydrogens is 230 g/mol. The molecule has 1 aromatic rings. The fraction of sp³-hybridized carbons (Fsp3) is 0.692. The Kier molecular flexibility index (Phi) is 4.98. The molecule has 0 aliphatic carbocycles. The standard InChI is InChI=1S/C13H23N3S/c1-15(11-13-3-2-10-17-13)12-4-7-16(8-5-12)9-6-14/h2-3,10,12H,4-9,11,14H2,1H3. The fourth-order valence-corrected chi connectivity index (χ4v) is 3.31. The third-order valence-corrected chi connectivity index (χ3v) is 4.47. The minimum atomic E-state index is 0.742. The summed E-state index contributed by atoms with van der Waals surface area (Å²) in [7, 11) is 2.25. The van der Waals surface area contributed by atoms with E-state index in [1.165, 1.54) is 30.8 Å². The van der Waals surface area contributed by atoms with E-state index in [-0.39, 0.29) is 0 Å². The third-order valence-electron chi connectivity index (χ3n) is 3.61. The van der Waals surface area contributed by atoms with E-state index in [1.807, 2.05) is 11.3 Å². The molecule has 4 heteroatoms. The third kappa shape index (κ3) is 3.78. The van der Waals surface area contributed by atoms with E-state index in [2.05, 4.69) is 34.4 Å². The van der Waals surface area contributed by atoms with Gasteiger partial charge in [0.05, 0.1) is 0 Å². The molecule has 0 aromatic carbocycles.